The average molecular weight is 372 g/mol. The third kappa shape index (κ3) is 3.99. The third-order valence-electron chi connectivity index (χ3n) is 4.00. The lowest BCUT2D eigenvalue weighted by atomic mass is 10.2. The summed E-state index contributed by atoms with van der Waals surface area (Å²) in [5.74, 6) is -0.181. The van der Waals surface area contributed by atoms with Crippen molar-refractivity contribution in [2.45, 2.75) is 0 Å². The van der Waals surface area contributed by atoms with Crippen molar-refractivity contribution in [3.63, 3.8) is 0 Å². The van der Waals surface area contributed by atoms with Crippen LogP contribution in [-0.4, -0.2) is 22.0 Å². The van der Waals surface area contributed by atoms with E-state index in [0.717, 1.165) is 10.9 Å². The Bertz CT molecular complexity index is 1120. The van der Waals surface area contributed by atoms with Crippen LogP contribution in [0.15, 0.2) is 79.0 Å². The second-order valence-corrected chi connectivity index (χ2v) is 6.02. The minimum Gasteiger partial charge on any atom is -0.457 e. The van der Waals surface area contributed by atoms with Crippen molar-refractivity contribution < 1.29 is 14.3 Å². The van der Waals surface area contributed by atoms with Crippen LogP contribution in [0.2, 0.25) is 0 Å². The Hall–Kier alpha value is -4.13. The number of ether oxygens (including phenoxy) is 1. The minimum absolute atomic E-state index is 0.490. The Labute approximate surface area is 160 Å². The normalized spacial score (nSPS) is 10.4. The molecule has 28 heavy (non-hydrogen) atoms. The number of fused-ring (bicyclic) bond motifs is 1. The zero-order valence-corrected chi connectivity index (χ0v) is 14.7. The number of hydrogen-bond donors (Lipinski definition) is 3. The number of para-hydroxylation sites is 1. The number of rotatable bonds is 4. The molecule has 0 saturated heterocycles. The van der Waals surface area contributed by atoms with Crippen LogP contribution in [0.5, 0.6) is 11.5 Å². The Morgan fingerprint density at radius 3 is 2.18 bits per heavy atom. The van der Waals surface area contributed by atoms with E-state index in [-0.39, 0.29) is 0 Å². The molecule has 1 heterocycles. The van der Waals surface area contributed by atoms with E-state index in [1.807, 2.05) is 30.3 Å². The maximum absolute atomic E-state index is 12.1. The average Bonchev–Trinajstić information content (AvgIpc) is 3.18. The molecule has 0 atom stereocenters. The molecule has 0 spiro atoms. The molecule has 4 rings (SSSR count). The van der Waals surface area contributed by atoms with Gasteiger partial charge in [-0.15, -0.1) is 0 Å². The van der Waals surface area contributed by atoms with Crippen LogP contribution >= 0.6 is 0 Å². The summed E-state index contributed by atoms with van der Waals surface area (Å²) in [6.07, 6.45) is 1.68. The fourth-order valence-corrected chi connectivity index (χ4v) is 2.62. The summed E-state index contributed by atoms with van der Waals surface area (Å²) in [7, 11) is 0. The molecule has 0 aliphatic carbocycles. The van der Waals surface area contributed by atoms with Gasteiger partial charge in [-0.1, -0.05) is 18.2 Å². The van der Waals surface area contributed by atoms with Crippen molar-refractivity contribution in [2.75, 3.05) is 10.6 Å². The quantitative estimate of drug-likeness (QED) is 0.473. The molecule has 3 aromatic carbocycles. The standard InChI is InChI=1S/C21H16N4O3/c26-20(21(27)24-16-7-6-14-13-22-25-19(14)12-16)23-15-8-10-18(11-9-15)28-17-4-2-1-3-5-17/h1-13H,(H,22,25)(H,23,26)(H,24,27). The second-order valence-electron chi connectivity index (χ2n) is 6.02. The number of carbonyl (C=O) groups is 2. The lowest BCUT2D eigenvalue weighted by Crippen LogP contribution is -2.29. The molecule has 0 aliphatic heterocycles. The van der Waals surface area contributed by atoms with Crippen LogP contribution < -0.4 is 15.4 Å². The number of benzene rings is 3. The van der Waals surface area contributed by atoms with Gasteiger partial charge in [0.05, 0.1) is 11.7 Å². The van der Waals surface area contributed by atoms with Crippen molar-refractivity contribution in [3.05, 3.63) is 79.0 Å². The van der Waals surface area contributed by atoms with Crippen LogP contribution in [0.4, 0.5) is 11.4 Å². The van der Waals surface area contributed by atoms with E-state index >= 15 is 0 Å². The highest BCUT2D eigenvalue weighted by molar-refractivity contribution is 6.43. The first-order valence-corrected chi connectivity index (χ1v) is 8.56. The van der Waals surface area contributed by atoms with Crippen LogP contribution in [0.3, 0.4) is 0 Å². The zero-order chi connectivity index (χ0) is 19.3. The first-order valence-electron chi connectivity index (χ1n) is 8.56. The molecule has 2 amide bonds. The van der Waals surface area contributed by atoms with Gasteiger partial charge in [0.15, 0.2) is 0 Å². The molecule has 0 aliphatic rings. The molecule has 4 aromatic rings. The molecule has 7 heteroatoms. The molecule has 138 valence electrons. The summed E-state index contributed by atoms with van der Waals surface area (Å²) in [5, 5.41) is 12.8. The number of amides is 2. The van der Waals surface area contributed by atoms with E-state index in [1.54, 1.807) is 48.7 Å². The second kappa shape index (κ2) is 7.63. The summed E-state index contributed by atoms with van der Waals surface area (Å²) in [4.78, 5) is 24.3. The van der Waals surface area contributed by atoms with Gasteiger partial charge < -0.3 is 15.4 Å². The zero-order valence-electron chi connectivity index (χ0n) is 14.7. The van der Waals surface area contributed by atoms with Crippen molar-refractivity contribution in [3.8, 4) is 11.5 Å². The van der Waals surface area contributed by atoms with Crippen molar-refractivity contribution in [2.24, 2.45) is 0 Å². The topological polar surface area (TPSA) is 96.1 Å². The Morgan fingerprint density at radius 2 is 1.43 bits per heavy atom. The van der Waals surface area contributed by atoms with Gasteiger partial charge in [0.25, 0.3) is 0 Å². The van der Waals surface area contributed by atoms with Crippen molar-refractivity contribution in [1.82, 2.24) is 10.2 Å². The molecular weight excluding hydrogens is 356 g/mol. The third-order valence-corrected chi connectivity index (χ3v) is 4.00. The molecule has 0 unspecified atom stereocenters. The number of nitrogens with zero attached hydrogens (tertiary/aromatic N) is 1. The molecule has 7 nitrogen and oxygen atoms in total. The fraction of sp³-hybridized carbons (Fsp3) is 0. The van der Waals surface area contributed by atoms with Crippen molar-refractivity contribution >= 4 is 34.1 Å². The SMILES string of the molecule is O=C(Nc1ccc(Oc2ccccc2)cc1)C(=O)Nc1ccc2cn[nH]c2c1. The Morgan fingerprint density at radius 1 is 0.786 bits per heavy atom. The first-order chi connectivity index (χ1) is 13.7. The van der Waals surface area contributed by atoms with Crippen LogP contribution in [-0.2, 0) is 9.59 Å². The largest absolute Gasteiger partial charge is 0.457 e. The van der Waals surface area contributed by atoms with Crippen molar-refractivity contribution in [1.29, 1.82) is 0 Å². The predicted octanol–water partition coefficient (Wildman–Crippen LogP) is 3.93. The number of aromatic nitrogens is 2. The molecule has 0 saturated carbocycles. The maximum Gasteiger partial charge on any atom is 0.314 e. The summed E-state index contributed by atoms with van der Waals surface area (Å²) in [5.41, 5.74) is 1.76. The van der Waals surface area contributed by atoms with Crippen LogP contribution in [0.25, 0.3) is 10.9 Å². The monoisotopic (exact) mass is 372 g/mol. The lowest BCUT2D eigenvalue weighted by molar-refractivity contribution is -0.132. The van der Waals surface area contributed by atoms with E-state index < -0.39 is 11.8 Å². The number of H-pyrrole nitrogens is 1. The molecule has 0 bridgehead atoms. The van der Waals surface area contributed by atoms with Gasteiger partial charge in [-0.05, 0) is 54.6 Å². The molecular formula is C21H16N4O3. The Balaban J connectivity index is 1.36. The number of anilines is 2. The smallest absolute Gasteiger partial charge is 0.314 e. The highest BCUT2D eigenvalue weighted by Gasteiger charge is 2.14. The van der Waals surface area contributed by atoms with Gasteiger partial charge >= 0.3 is 11.8 Å². The van der Waals surface area contributed by atoms with Gasteiger partial charge in [0.1, 0.15) is 11.5 Å². The van der Waals surface area contributed by atoms with Gasteiger partial charge in [0, 0.05) is 16.8 Å². The number of hydrogen-bond acceptors (Lipinski definition) is 4. The van der Waals surface area contributed by atoms with E-state index in [9.17, 15) is 9.59 Å². The summed E-state index contributed by atoms with van der Waals surface area (Å²) in [6.45, 7) is 0. The Kier molecular flexibility index (Phi) is 4.71. The lowest BCUT2D eigenvalue weighted by Gasteiger charge is -2.08. The highest BCUT2D eigenvalue weighted by Crippen LogP contribution is 2.22. The van der Waals surface area contributed by atoms with E-state index in [1.165, 1.54) is 0 Å². The highest BCUT2D eigenvalue weighted by atomic mass is 16.5. The molecule has 1 aromatic heterocycles. The summed E-state index contributed by atoms with van der Waals surface area (Å²) < 4.78 is 5.69. The first kappa shape index (κ1) is 17.3. The number of carbonyl (C=O) groups excluding carboxylic acids is 2. The molecule has 0 fully saturated rings. The maximum atomic E-state index is 12.1. The van der Waals surface area contributed by atoms with Gasteiger partial charge in [-0.3, -0.25) is 14.7 Å². The summed E-state index contributed by atoms with van der Waals surface area (Å²) in [6, 6.07) is 21.4. The van der Waals surface area contributed by atoms with E-state index in [2.05, 4.69) is 20.8 Å². The number of nitrogens with one attached hydrogen (secondary N) is 3. The predicted molar refractivity (Wildman–Crippen MR) is 106 cm³/mol. The number of aromatic amines is 1. The van der Waals surface area contributed by atoms with Gasteiger partial charge in [-0.2, -0.15) is 5.10 Å². The summed E-state index contributed by atoms with van der Waals surface area (Å²) >= 11 is 0. The van der Waals surface area contributed by atoms with Gasteiger partial charge in [-0.25, -0.2) is 0 Å². The molecule has 3 N–H and O–H groups in total. The van der Waals surface area contributed by atoms with Crippen LogP contribution in [0, 0.1) is 0 Å². The van der Waals surface area contributed by atoms with Gasteiger partial charge in [0.2, 0.25) is 0 Å². The minimum atomic E-state index is -0.763. The van der Waals surface area contributed by atoms with E-state index in [0.29, 0.717) is 22.9 Å². The fourth-order valence-electron chi connectivity index (χ4n) is 2.62. The molecule has 0 radical (unpaired) electrons. The van der Waals surface area contributed by atoms with E-state index in [4.69, 9.17) is 4.74 Å². The van der Waals surface area contributed by atoms with Crippen LogP contribution in [0.1, 0.15) is 0 Å².